The van der Waals surface area contributed by atoms with Gasteiger partial charge < -0.3 is 15.5 Å². The number of pyridine rings is 1. The molecule has 4 heterocycles. The van der Waals surface area contributed by atoms with E-state index in [1.54, 1.807) is 35.5 Å². The molecule has 1 unspecified atom stereocenters. The van der Waals surface area contributed by atoms with Crippen LogP contribution in [0, 0.1) is 11.7 Å². The zero-order chi connectivity index (χ0) is 31.7. The molecule has 45 heavy (non-hydrogen) atoms. The standard InChI is InChI=1S/C32H28FN7O5/c1-19-12-30(44)40(15-20-2-7-26(25(33)13-20)36-27(41)18-39-28(42)8-9-29(39)43)37-31(19)21-3-5-24(6-4-21)35-32(45)38-16-22-10-11-34-14-23(22)17-38/h2-11,13-14,19H,12,15-18H2,1H3,(H,35,45)(H,36,41). The van der Waals surface area contributed by atoms with E-state index in [1.165, 1.54) is 17.1 Å². The lowest BCUT2D eigenvalue weighted by atomic mass is 9.93. The van der Waals surface area contributed by atoms with Gasteiger partial charge in [-0.15, -0.1) is 0 Å². The monoisotopic (exact) mass is 609 g/mol. The first-order valence-corrected chi connectivity index (χ1v) is 14.2. The number of carbonyl (C=O) groups is 5. The van der Waals surface area contributed by atoms with Crippen LogP contribution in [0.5, 0.6) is 0 Å². The molecule has 3 aliphatic heterocycles. The molecule has 6 rings (SSSR count). The van der Waals surface area contributed by atoms with Crippen LogP contribution in [0.4, 0.5) is 20.6 Å². The molecule has 0 fully saturated rings. The SMILES string of the molecule is CC1CC(=O)N(Cc2ccc(NC(=O)CN3C(=O)C=CC3=O)c(F)c2)N=C1c1ccc(NC(=O)N2Cc3ccncc3C2)cc1. The van der Waals surface area contributed by atoms with Crippen LogP contribution in [0.15, 0.2) is 78.2 Å². The average molecular weight is 610 g/mol. The minimum atomic E-state index is -0.743. The molecule has 1 atom stereocenters. The smallest absolute Gasteiger partial charge is 0.322 e. The maximum atomic E-state index is 14.9. The Bertz CT molecular complexity index is 1750. The number of halogens is 1. The number of urea groups is 1. The maximum Gasteiger partial charge on any atom is 0.322 e. The van der Waals surface area contributed by atoms with Crippen molar-refractivity contribution in [1.82, 2.24) is 19.8 Å². The van der Waals surface area contributed by atoms with Crippen molar-refractivity contribution < 1.29 is 28.4 Å². The van der Waals surface area contributed by atoms with Gasteiger partial charge in [0.15, 0.2) is 0 Å². The Hall–Kier alpha value is -5.72. The van der Waals surface area contributed by atoms with Crippen LogP contribution in [0.3, 0.4) is 0 Å². The summed E-state index contributed by atoms with van der Waals surface area (Å²) in [6.45, 7) is 2.38. The predicted molar refractivity (Wildman–Crippen MR) is 161 cm³/mol. The first kappa shape index (κ1) is 29.4. The number of imide groups is 1. The topological polar surface area (TPSA) is 144 Å². The number of anilines is 2. The zero-order valence-electron chi connectivity index (χ0n) is 24.2. The number of fused-ring (bicyclic) bond motifs is 1. The van der Waals surface area contributed by atoms with Gasteiger partial charge in [0.2, 0.25) is 11.8 Å². The van der Waals surface area contributed by atoms with Crippen LogP contribution in [-0.2, 0) is 38.8 Å². The number of nitrogens with zero attached hydrogens (tertiary/aromatic N) is 5. The van der Waals surface area contributed by atoms with Crippen molar-refractivity contribution in [1.29, 1.82) is 0 Å². The van der Waals surface area contributed by atoms with Crippen molar-refractivity contribution in [2.75, 3.05) is 17.2 Å². The normalized spacial score (nSPS) is 17.5. The molecule has 0 spiro atoms. The fourth-order valence-corrected chi connectivity index (χ4v) is 5.36. The summed E-state index contributed by atoms with van der Waals surface area (Å²) in [7, 11) is 0. The molecule has 13 heteroatoms. The van der Waals surface area contributed by atoms with Crippen molar-refractivity contribution in [2.45, 2.75) is 33.0 Å². The third-order valence-corrected chi connectivity index (χ3v) is 7.75. The molecule has 0 bridgehead atoms. The van der Waals surface area contributed by atoms with Crippen molar-refractivity contribution in [3.05, 3.63) is 101 Å². The van der Waals surface area contributed by atoms with Gasteiger partial charge >= 0.3 is 6.03 Å². The predicted octanol–water partition coefficient (Wildman–Crippen LogP) is 3.40. The van der Waals surface area contributed by atoms with Crippen molar-refractivity contribution >= 4 is 46.7 Å². The van der Waals surface area contributed by atoms with Crippen molar-refractivity contribution in [2.24, 2.45) is 11.0 Å². The number of hydrazone groups is 1. The van der Waals surface area contributed by atoms with E-state index in [0.717, 1.165) is 33.7 Å². The molecule has 2 aromatic carbocycles. The Morgan fingerprint density at radius 1 is 0.956 bits per heavy atom. The van der Waals surface area contributed by atoms with E-state index in [1.807, 2.05) is 25.1 Å². The molecule has 0 aliphatic carbocycles. The van der Waals surface area contributed by atoms with E-state index in [-0.39, 0.29) is 36.5 Å². The minimum Gasteiger partial charge on any atom is -0.322 e. The van der Waals surface area contributed by atoms with Crippen LogP contribution in [0.1, 0.15) is 35.6 Å². The molecule has 3 aliphatic rings. The van der Waals surface area contributed by atoms with Gasteiger partial charge in [-0.3, -0.25) is 29.1 Å². The van der Waals surface area contributed by atoms with E-state index in [2.05, 4.69) is 20.7 Å². The second-order valence-electron chi connectivity index (χ2n) is 11.0. The van der Waals surface area contributed by atoms with Crippen LogP contribution < -0.4 is 10.6 Å². The lowest BCUT2D eigenvalue weighted by molar-refractivity contribution is -0.140. The number of nitrogens with one attached hydrogen (secondary N) is 2. The molecule has 228 valence electrons. The average Bonchev–Trinajstić information content (AvgIpc) is 3.59. The molecule has 0 saturated heterocycles. The summed E-state index contributed by atoms with van der Waals surface area (Å²) in [5.41, 5.74) is 4.51. The van der Waals surface area contributed by atoms with Gasteiger partial charge in [-0.2, -0.15) is 5.10 Å². The molecule has 0 saturated carbocycles. The lowest BCUT2D eigenvalue weighted by Gasteiger charge is -2.28. The fraction of sp³-hybridized carbons (Fsp3) is 0.219. The number of aromatic nitrogens is 1. The van der Waals surface area contributed by atoms with Crippen LogP contribution in [0.25, 0.3) is 0 Å². The molecular formula is C32H28FN7O5. The summed E-state index contributed by atoms with van der Waals surface area (Å²) in [5.74, 6) is -3.08. The molecule has 2 N–H and O–H groups in total. The van der Waals surface area contributed by atoms with Crippen LogP contribution in [-0.4, -0.2) is 61.7 Å². The summed E-state index contributed by atoms with van der Waals surface area (Å²) in [6.07, 6.45) is 5.81. The molecule has 3 aromatic rings. The van der Waals surface area contributed by atoms with Gasteiger partial charge in [0, 0.05) is 55.7 Å². The van der Waals surface area contributed by atoms with Crippen molar-refractivity contribution in [3.8, 4) is 0 Å². The quantitative estimate of drug-likeness (QED) is 0.393. The first-order valence-electron chi connectivity index (χ1n) is 14.2. The highest BCUT2D eigenvalue weighted by Gasteiger charge is 2.29. The van der Waals surface area contributed by atoms with E-state index in [0.29, 0.717) is 30.1 Å². The maximum absolute atomic E-state index is 14.9. The number of benzene rings is 2. The minimum absolute atomic E-state index is 0.00450. The molecule has 12 nitrogen and oxygen atoms in total. The van der Waals surface area contributed by atoms with Gasteiger partial charge in [0.1, 0.15) is 12.4 Å². The van der Waals surface area contributed by atoms with E-state index >= 15 is 0 Å². The lowest BCUT2D eigenvalue weighted by Crippen LogP contribution is -2.37. The first-order chi connectivity index (χ1) is 21.6. The number of carbonyl (C=O) groups excluding carboxylic acids is 5. The molecule has 0 radical (unpaired) electrons. The fourth-order valence-electron chi connectivity index (χ4n) is 5.36. The Morgan fingerprint density at radius 2 is 1.69 bits per heavy atom. The highest BCUT2D eigenvalue weighted by Crippen LogP contribution is 2.26. The number of hydrogen-bond donors (Lipinski definition) is 2. The van der Waals surface area contributed by atoms with Crippen LogP contribution >= 0.6 is 0 Å². The highest BCUT2D eigenvalue weighted by atomic mass is 19.1. The summed E-state index contributed by atoms with van der Waals surface area (Å²) >= 11 is 0. The van der Waals surface area contributed by atoms with Gasteiger partial charge in [-0.25, -0.2) is 14.2 Å². The summed E-state index contributed by atoms with van der Waals surface area (Å²) in [5, 5.41) is 11.2. The Morgan fingerprint density at radius 3 is 2.40 bits per heavy atom. The van der Waals surface area contributed by atoms with Gasteiger partial charge in [0.25, 0.3) is 11.8 Å². The Labute approximate surface area is 257 Å². The Balaban J connectivity index is 1.09. The summed E-state index contributed by atoms with van der Waals surface area (Å²) < 4.78 is 14.9. The van der Waals surface area contributed by atoms with Crippen LogP contribution in [0.2, 0.25) is 0 Å². The van der Waals surface area contributed by atoms with Crippen molar-refractivity contribution in [3.63, 3.8) is 0 Å². The molecule has 6 amide bonds. The second-order valence-corrected chi connectivity index (χ2v) is 11.0. The summed E-state index contributed by atoms with van der Waals surface area (Å²) in [6, 6.07) is 13.0. The second kappa shape index (κ2) is 12.1. The van der Waals surface area contributed by atoms with E-state index in [4.69, 9.17) is 0 Å². The highest BCUT2D eigenvalue weighted by molar-refractivity contribution is 6.15. The van der Waals surface area contributed by atoms with Gasteiger partial charge in [-0.1, -0.05) is 25.1 Å². The molecular weight excluding hydrogens is 581 g/mol. The zero-order valence-corrected chi connectivity index (χ0v) is 24.2. The Kier molecular flexibility index (Phi) is 7.90. The number of amides is 6. The third kappa shape index (κ3) is 6.32. The van der Waals surface area contributed by atoms with Gasteiger partial charge in [-0.05, 0) is 52.6 Å². The summed E-state index contributed by atoms with van der Waals surface area (Å²) in [4.78, 5) is 67.8. The van der Waals surface area contributed by atoms with Gasteiger partial charge in [0.05, 0.1) is 17.9 Å². The van der Waals surface area contributed by atoms with E-state index in [9.17, 15) is 28.4 Å². The largest absolute Gasteiger partial charge is 0.322 e. The van der Waals surface area contributed by atoms with E-state index < -0.39 is 30.1 Å². The number of hydrogen-bond acceptors (Lipinski definition) is 7. The molecule has 1 aromatic heterocycles. The third-order valence-electron chi connectivity index (χ3n) is 7.75. The number of rotatable bonds is 7.